The van der Waals surface area contributed by atoms with E-state index >= 15 is 0 Å². The number of amides is 2. The van der Waals surface area contributed by atoms with Crippen LogP contribution in [0.4, 0.5) is 10.6 Å². The van der Waals surface area contributed by atoms with E-state index < -0.39 is 6.03 Å². The first-order valence-electron chi connectivity index (χ1n) is 3.46. The molecule has 3 N–H and O–H groups in total. The highest BCUT2D eigenvalue weighted by Crippen LogP contribution is 2.04. The van der Waals surface area contributed by atoms with Crippen molar-refractivity contribution in [2.75, 3.05) is 5.32 Å². The topological polar surface area (TPSA) is 80.9 Å². The molecule has 0 fully saturated rings. The maximum atomic E-state index is 10.4. The minimum Gasteiger partial charge on any atom is -0.351 e. The van der Waals surface area contributed by atoms with Crippen molar-refractivity contribution in [1.82, 2.24) is 9.97 Å². The normalized spacial score (nSPS) is 9.50. The van der Waals surface area contributed by atoms with Crippen molar-refractivity contribution in [3.63, 3.8) is 0 Å². The van der Waals surface area contributed by atoms with Crippen molar-refractivity contribution in [1.29, 1.82) is 0 Å². The Labute approximate surface area is 70.0 Å². The molecule has 0 saturated carbocycles. The summed E-state index contributed by atoms with van der Waals surface area (Å²) >= 11 is 0. The van der Waals surface area contributed by atoms with Crippen LogP contribution in [-0.4, -0.2) is 16.0 Å². The Balaban J connectivity index is 2.93. The van der Waals surface area contributed by atoms with Crippen LogP contribution in [0, 0.1) is 13.8 Å². The molecule has 0 saturated heterocycles. The summed E-state index contributed by atoms with van der Waals surface area (Å²) in [5, 5.41) is 2.37. The number of carbonyl (C=O) groups excluding carboxylic acids is 1. The molecule has 1 aromatic rings. The number of nitrogens with zero attached hydrogens (tertiary/aromatic N) is 2. The third-order valence-corrected chi connectivity index (χ3v) is 1.22. The maximum Gasteiger partial charge on any atom is 0.317 e. The van der Waals surface area contributed by atoms with Gasteiger partial charge in [-0.05, 0) is 13.8 Å². The van der Waals surface area contributed by atoms with E-state index in [9.17, 15) is 4.79 Å². The van der Waals surface area contributed by atoms with Gasteiger partial charge in [0.05, 0.1) is 0 Å². The van der Waals surface area contributed by atoms with Crippen LogP contribution in [0.3, 0.4) is 0 Å². The highest BCUT2D eigenvalue weighted by molar-refractivity contribution is 5.86. The molecule has 0 radical (unpaired) electrons. The number of anilines is 1. The Morgan fingerprint density at radius 3 is 2.67 bits per heavy atom. The SMILES string of the molecule is Cc1cc(NC(N)=O)nc(C)n1. The van der Waals surface area contributed by atoms with Crippen LogP contribution in [0.25, 0.3) is 0 Å². The average Bonchev–Trinajstić information content (AvgIpc) is 1.81. The summed E-state index contributed by atoms with van der Waals surface area (Å²) in [6.07, 6.45) is 0. The molecule has 5 nitrogen and oxygen atoms in total. The number of rotatable bonds is 1. The van der Waals surface area contributed by atoms with Gasteiger partial charge in [-0.25, -0.2) is 14.8 Å². The van der Waals surface area contributed by atoms with Gasteiger partial charge in [0, 0.05) is 11.8 Å². The number of carbonyl (C=O) groups is 1. The number of nitrogens with one attached hydrogen (secondary N) is 1. The van der Waals surface area contributed by atoms with Crippen LogP contribution in [0.15, 0.2) is 6.07 Å². The number of aryl methyl sites for hydroxylation is 2. The first kappa shape index (κ1) is 8.45. The second-order valence-electron chi connectivity index (χ2n) is 2.43. The van der Waals surface area contributed by atoms with E-state index in [-0.39, 0.29) is 0 Å². The summed E-state index contributed by atoms with van der Waals surface area (Å²) in [7, 11) is 0. The zero-order valence-corrected chi connectivity index (χ0v) is 6.96. The van der Waals surface area contributed by atoms with Crippen molar-refractivity contribution >= 4 is 11.8 Å². The van der Waals surface area contributed by atoms with E-state index in [1.54, 1.807) is 13.0 Å². The summed E-state index contributed by atoms with van der Waals surface area (Å²) in [6.45, 7) is 3.57. The zero-order valence-electron chi connectivity index (χ0n) is 6.96. The molecule has 1 rings (SSSR count). The Hall–Kier alpha value is -1.65. The number of primary amides is 1. The predicted octanol–water partition coefficient (Wildman–Crippen LogP) is 0.584. The second kappa shape index (κ2) is 3.17. The standard InChI is InChI=1S/C7H10N4O/c1-4-3-6(11-7(8)12)10-5(2)9-4/h3H,1-2H3,(H3,8,9,10,11,12). The van der Waals surface area contributed by atoms with Gasteiger partial charge in [-0.2, -0.15) is 0 Å². The summed E-state index contributed by atoms with van der Waals surface area (Å²) in [4.78, 5) is 18.4. The van der Waals surface area contributed by atoms with Crippen LogP contribution < -0.4 is 11.1 Å². The zero-order chi connectivity index (χ0) is 9.14. The Morgan fingerprint density at radius 1 is 1.50 bits per heavy atom. The number of nitrogens with two attached hydrogens (primary N) is 1. The van der Waals surface area contributed by atoms with E-state index in [0.29, 0.717) is 11.6 Å². The summed E-state index contributed by atoms with van der Waals surface area (Å²) in [6, 6.07) is 1.03. The van der Waals surface area contributed by atoms with Gasteiger partial charge in [-0.3, -0.25) is 5.32 Å². The van der Waals surface area contributed by atoms with E-state index in [4.69, 9.17) is 5.73 Å². The minimum atomic E-state index is -0.618. The fraction of sp³-hybridized carbons (Fsp3) is 0.286. The molecule has 1 aromatic heterocycles. The lowest BCUT2D eigenvalue weighted by Crippen LogP contribution is -2.20. The van der Waals surface area contributed by atoms with Crippen molar-refractivity contribution in [3.05, 3.63) is 17.6 Å². The van der Waals surface area contributed by atoms with Crippen LogP contribution in [0.2, 0.25) is 0 Å². The highest BCUT2D eigenvalue weighted by Gasteiger charge is 1.99. The van der Waals surface area contributed by atoms with E-state index in [1.165, 1.54) is 0 Å². The molecule has 0 aromatic carbocycles. The number of hydrogen-bond acceptors (Lipinski definition) is 3. The molecule has 0 unspecified atom stereocenters. The lowest BCUT2D eigenvalue weighted by Gasteiger charge is -2.02. The van der Waals surface area contributed by atoms with Gasteiger partial charge in [-0.1, -0.05) is 0 Å². The molecule has 0 spiro atoms. The van der Waals surface area contributed by atoms with Gasteiger partial charge < -0.3 is 5.73 Å². The van der Waals surface area contributed by atoms with Gasteiger partial charge in [0.15, 0.2) is 0 Å². The van der Waals surface area contributed by atoms with Gasteiger partial charge in [-0.15, -0.1) is 0 Å². The maximum absolute atomic E-state index is 10.4. The third-order valence-electron chi connectivity index (χ3n) is 1.22. The Bertz CT molecular complexity index is 290. The van der Waals surface area contributed by atoms with Crippen molar-refractivity contribution in [2.24, 2.45) is 5.73 Å². The molecule has 0 aliphatic rings. The van der Waals surface area contributed by atoms with Crippen molar-refractivity contribution in [3.8, 4) is 0 Å². The molecule has 12 heavy (non-hydrogen) atoms. The first-order valence-corrected chi connectivity index (χ1v) is 3.46. The van der Waals surface area contributed by atoms with Crippen LogP contribution in [0.5, 0.6) is 0 Å². The molecule has 0 aliphatic heterocycles. The van der Waals surface area contributed by atoms with E-state index in [1.807, 2.05) is 6.92 Å². The molecule has 5 heteroatoms. The molecule has 2 amide bonds. The number of urea groups is 1. The molecule has 0 bridgehead atoms. The largest absolute Gasteiger partial charge is 0.351 e. The summed E-state index contributed by atoms with van der Waals surface area (Å²) in [5.74, 6) is 1.05. The van der Waals surface area contributed by atoms with Crippen molar-refractivity contribution in [2.45, 2.75) is 13.8 Å². The van der Waals surface area contributed by atoms with Gasteiger partial charge in [0.2, 0.25) is 0 Å². The van der Waals surface area contributed by atoms with Crippen LogP contribution >= 0.6 is 0 Å². The predicted molar refractivity (Wildman–Crippen MR) is 44.7 cm³/mol. The lowest BCUT2D eigenvalue weighted by atomic mass is 10.4. The van der Waals surface area contributed by atoms with Gasteiger partial charge >= 0.3 is 6.03 Å². The van der Waals surface area contributed by atoms with Crippen LogP contribution in [0.1, 0.15) is 11.5 Å². The molecule has 1 heterocycles. The van der Waals surface area contributed by atoms with E-state index in [0.717, 1.165) is 5.69 Å². The quantitative estimate of drug-likeness (QED) is 0.640. The molecule has 0 atom stereocenters. The highest BCUT2D eigenvalue weighted by atomic mass is 16.2. The Kier molecular flexibility index (Phi) is 2.23. The number of aromatic nitrogens is 2. The fourth-order valence-electron chi connectivity index (χ4n) is 0.907. The van der Waals surface area contributed by atoms with Gasteiger partial charge in [0.25, 0.3) is 0 Å². The fourth-order valence-corrected chi connectivity index (χ4v) is 0.907. The molecular formula is C7H10N4O. The molecular weight excluding hydrogens is 156 g/mol. The molecule has 64 valence electrons. The average molecular weight is 166 g/mol. The number of hydrogen-bond donors (Lipinski definition) is 2. The summed E-state index contributed by atoms with van der Waals surface area (Å²) in [5.41, 5.74) is 5.71. The lowest BCUT2D eigenvalue weighted by molar-refractivity contribution is 0.259. The Morgan fingerprint density at radius 2 is 2.17 bits per heavy atom. The van der Waals surface area contributed by atoms with Crippen molar-refractivity contribution < 1.29 is 4.79 Å². The monoisotopic (exact) mass is 166 g/mol. The first-order chi connectivity index (χ1) is 5.58. The van der Waals surface area contributed by atoms with E-state index in [2.05, 4.69) is 15.3 Å². The van der Waals surface area contributed by atoms with Gasteiger partial charge in [0.1, 0.15) is 11.6 Å². The second-order valence-corrected chi connectivity index (χ2v) is 2.43. The third kappa shape index (κ3) is 2.19. The minimum absolute atomic E-state index is 0.438. The van der Waals surface area contributed by atoms with Crippen LogP contribution in [-0.2, 0) is 0 Å². The molecule has 0 aliphatic carbocycles. The smallest absolute Gasteiger partial charge is 0.317 e. The summed E-state index contributed by atoms with van der Waals surface area (Å²) < 4.78 is 0.